The van der Waals surface area contributed by atoms with E-state index in [2.05, 4.69) is 19.3 Å². The number of hydrazine groups is 1. The average Bonchev–Trinajstić information content (AvgIpc) is 2.33. The van der Waals surface area contributed by atoms with Gasteiger partial charge < -0.3 is 0 Å². The third kappa shape index (κ3) is 4.70. The van der Waals surface area contributed by atoms with Crippen molar-refractivity contribution in [3.8, 4) is 0 Å². The summed E-state index contributed by atoms with van der Waals surface area (Å²) in [6.45, 7) is 4.28. The van der Waals surface area contributed by atoms with E-state index in [0.29, 0.717) is 17.9 Å². The number of nitrogens with two attached hydrogens (primary N) is 1. The number of hydrogen-bond donors (Lipinski definition) is 2. The normalized spacial score (nSPS) is 13.0. The molecule has 0 aromatic heterocycles. The van der Waals surface area contributed by atoms with Gasteiger partial charge in [-0.25, -0.2) is 8.78 Å². The average molecular weight is 256 g/mol. The highest BCUT2D eigenvalue weighted by atomic mass is 19.1. The Labute approximate surface area is 108 Å². The number of benzene rings is 1. The van der Waals surface area contributed by atoms with Crippen LogP contribution in [0.1, 0.15) is 38.7 Å². The van der Waals surface area contributed by atoms with Crippen molar-refractivity contribution in [2.45, 2.75) is 45.6 Å². The number of nitrogens with one attached hydrogen (secondary N) is 1. The number of hydrogen-bond acceptors (Lipinski definition) is 2. The highest BCUT2D eigenvalue weighted by molar-refractivity contribution is 5.18. The summed E-state index contributed by atoms with van der Waals surface area (Å²) in [5.74, 6) is 5.03. The molecule has 4 heteroatoms. The Morgan fingerprint density at radius 2 is 1.67 bits per heavy atom. The second-order valence-electron chi connectivity index (χ2n) is 4.76. The third-order valence-electron chi connectivity index (χ3n) is 3.41. The molecule has 0 heterocycles. The van der Waals surface area contributed by atoms with E-state index >= 15 is 0 Å². The van der Waals surface area contributed by atoms with Crippen LogP contribution in [0, 0.1) is 17.6 Å². The molecule has 1 aromatic carbocycles. The molecular formula is C14H22F2N2. The quantitative estimate of drug-likeness (QED) is 0.581. The Balaban J connectivity index is 2.67. The maximum absolute atomic E-state index is 13.1. The fraction of sp³-hybridized carbons (Fsp3) is 0.571. The van der Waals surface area contributed by atoms with Crippen LogP contribution in [0.3, 0.4) is 0 Å². The summed E-state index contributed by atoms with van der Waals surface area (Å²) in [6.07, 6.45) is 3.64. The summed E-state index contributed by atoms with van der Waals surface area (Å²) in [6, 6.07) is 3.66. The fourth-order valence-corrected chi connectivity index (χ4v) is 2.25. The minimum Gasteiger partial charge on any atom is -0.271 e. The molecule has 1 atom stereocenters. The van der Waals surface area contributed by atoms with E-state index in [1.165, 1.54) is 12.1 Å². The van der Waals surface area contributed by atoms with Gasteiger partial charge in [0.1, 0.15) is 11.6 Å². The zero-order chi connectivity index (χ0) is 13.5. The summed E-state index contributed by atoms with van der Waals surface area (Å²) in [4.78, 5) is 0. The largest absolute Gasteiger partial charge is 0.271 e. The highest BCUT2D eigenvalue weighted by Gasteiger charge is 2.14. The smallest absolute Gasteiger partial charge is 0.126 e. The van der Waals surface area contributed by atoms with Crippen LogP contribution in [0.2, 0.25) is 0 Å². The van der Waals surface area contributed by atoms with Gasteiger partial charge in [0.25, 0.3) is 0 Å². The van der Waals surface area contributed by atoms with Crippen molar-refractivity contribution >= 4 is 0 Å². The summed E-state index contributed by atoms with van der Waals surface area (Å²) < 4.78 is 26.2. The van der Waals surface area contributed by atoms with E-state index in [1.54, 1.807) is 0 Å². The highest BCUT2D eigenvalue weighted by Crippen LogP contribution is 2.18. The Kier molecular flexibility index (Phi) is 6.22. The van der Waals surface area contributed by atoms with Crippen molar-refractivity contribution in [2.24, 2.45) is 11.8 Å². The van der Waals surface area contributed by atoms with Crippen LogP contribution in [-0.4, -0.2) is 6.04 Å². The van der Waals surface area contributed by atoms with Gasteiger partial charge in [0.15, 0.2) is 0 Å². The first-order valence-corrected chi connectivity index (χ1v) is 6.50. The van der Waals surface area contributed by atoms with Gasteiger partial charge in [-0.1, -0.05) is 26.7 Å². The van der Waals surface area contributed by atoms with Gasteiger partial charge >= 0.3 is 0 Å². The molecule has 3 N–H and O–H groups in total. The Morgan fingerprint density at radius 3 is 2.11 bits per heavy atom. The lowest BCUT2D eigenvalue weighted by Gasteiger charge is -2.21. The first kappa shape index (κ1) is 15.1. The lowest BCUT2D eigenvalue weighted by molar-refractivity contribution is 0.366. The van der Waals surface area contributed by atoms with Gasteiger partial charge in [0.2, 0.25) is 0 Å². The molecule has 1 aromatic rings. The van der Waals surface area contributed by atoms with Gasteiger partial charge in [-0.2, -0.15) is 0 Å². The molecule has 0 spiro atoms. The minimum absolute atomic E-state index is 0.0519. The Hall–Kier alpha value is -1.00. The zero-order valence-electron chi connectivity index (χ0n) is 11.0. The van der Waals surface area contributed by atoms with E-state index in [9.17, 15) is 8.78 Å². The SMILES string of the molecule is CCC(CC)CC(Cc1cc(F)cc(F)c1)NN. The van der Waals surface area contributed by atoms with Gasteiger partial charge in [-0.05, 0) is 36.5 Å². The molecule has 102 valence electrons. The van der Waals surface area contributed by atoms with E-state index < -0.39 is 11.6 Å². The van der Waals surface area contributed by atoms with Crippen LogP contribution in [-0.2, 0) is 6.42 Å². The fourth-order valence-electron chi connectivity index (χ4n) is 2.25. The summed E-state index contributed by atoms with van der Waals surface area (Å²) in [5, 5.41) is 0. The zero-order valence-corrected chi connectivity index (χ0v) is 11.0. The van der Waals surface area contributed by atoms with Crippen LogP contribution >= 0.6 is 0 Å². The first-order chi connectivity index (χ1) is 8.58. The first-order valence-electron chi connectivity index (χ1n) is 6.50. The number of halogens is 2. The van der Waals surface area contributed by atoms with Crippen LogP contribution < -0.4 is 11.3 Å². The van der Waals surface area contributed by atoms with Crippen LogP contribution in [0.25, 0.3) is 0 Å². The van der Waals surface area contributed by atoms with Crippen molar-refractivity contribution < 1.29 is 8.78 Å². The van der Waals surface area contributed by atoms with E-state index in [1.807, 2.05) is 0 Å². The van der Waals surface area contributed by atoms with E-state index in [4.69, 9.17) is 5.84 Å². The second kappa shape index (κ2) is 7.44. The minimum atomic E-state index is -0.539. The van der Waals surface area contributed by atoms with Crippen LogP contribution in [0.5, 0.6) is 0 Å². The lowest BCUT2D eigenvalue weighted by Crippen LogP contribution is -2.38. The van der Waals surface area contributed by atoms with Gasteiger partial charge in [0.05, 0.1) is 0 Å². The van der Waals surface area contributed by atoms with Crippen LogP contribution in [0.4, 0.5) is 8.78 Å². The Bertz CT molecular complexity index is 345. The number of rotatable bonds is 7. The molecule has 2 nitrogen and oxygen atoms in total. The monoisotopic (exact) mass is 256 g/mol. The molecule has 1 unspecified atom stereocenters. The third-order valence-corrected chi connectivity index (χ3v) is 3.41. The maximum atomic E-state index is 13.1. The molecule has 0 saturated heterocycles. The topological polar surface area (TPSA) is 38.0 Å². The van der Waals surface area contributed by atoms with Gasteiger partial charge in [-0.15, -0.1) is 0 Å². The molecular weight excluding hydrogens is 234 g/mol. The van der Waals surface area contributed by atoms with Crippen molar-refractivity contribution in [3.63, 3.8) is 0 Å². The predicted molar refractivity (Wildman–Crippen MR) is 69.9 cm³/mol. The van der Waals surface area contributed by atoms with Gasteiger partial charge in [-0.3, -0.25) is 11.3 Å². The molecule has 1 rings (SSSR count). The van der Waals surface area contributed by atoms with Gasteiger partial charge in [0, 0.05) is 12.1 Å². The van der Waals surface area contributed by atoms with Crippen molar-refractivity contribution in [1.82, 2.24) is 5.43 Å². The summed E-state index contributed by atoms with van der Waals surface area (Å²) in [5.41, 5.74) is 3.38. The predicted octanol–water partition coefficient (Wildman–Crippen LogP) is 3.17. The molecule has 0 amide bonds. The summed E-state index contributed by atoms with van der Waals surface area (Å²) in [7, 11) is 0. The molecule has 0 aliphatic heterocycles. The molecule has 0 bridgehead atoms. The standard InChI is InChI=1S/C14H22F2N2/c1-3-10(4-2)7-14(18-17)8-11-5-12(15)9-13(16)6-11/h5-6,9-10,14,18H,3-4,7-8,17H2,1-2H3. The Morgan fingerprint density at radius 1 is 1.11 bits per heavy atom. The van der Waals surface area contributed by atoms with Crippen LogP contribution in [0.15, 0.2) is 18.2 Å². The summed E-state index contributed by atoms with van der Waals surface area (Å²) >= 11 is 0. The molecule has 0 saturated carbocycles. The maximum Gasteiger partial charge on any atom is 0.126 e. The van der Waals surface area contributed by atoms with Crippen molar-refractivity contribution in [1.29, 1.82) is 0 Å². The second-order valence-corrected chi connectivity index (χ2v) is 4.76. The van der Waals surface area contributed by atoms with E-state index in [0.717, 1.165) is 25.3 Å². The van der Waals surface area contributed by atoms with Crippen molar-refractivity contribution in [3.05, 3.63) is 35.4 Å². The molecule has 0 radical (unpaired) electrons. The lowest BCUT2D eigenvalue weighted by atomic mass is 9.92. The molecule has 18 heavy (non-hydrogen) atoms. The molecule has 0 aliphatic carbocycles. The molecule has 0 fully saturated rings. The van der Waals surface area contributed by atoms with Crippen molar-refractivity contribution in [2.75, 3.05) is 0 Å². The van der Waals surface area contributed by atoms with E-state index in [-0.39, 0.29) is 6.04 Å². The molecule has 0 aliphatic rings.